The van der Waals surface area contributed by atoms with Crippen LogP contribution in [-0.2, 0) is 11.0 Å². The van der Waals surface area contributed by atoms with Gasteiger partial charge in [0.15, 0.2) is 11.4 Å². The second kappa shape index (κ2) is 8.45. The van der Waals surface area contributed by atoms with E-state index in [4.69, 9.17) is 0 Å². The molecule has 1 saturated heterocycles. The van der Waals surface area contributed by atoms with Crippen molar-refractivity contribution in [3.63, 3.8) is 0 Å². The van der Waals surface area contributed by atoms with Crippen LogP contribution in [0.25, 0.3) is 5.69 Å². The summed E-state index contributed by atoms with van der Waals surface area (Å²) in [4.78, 5) is 38.2. The molecule has 176 valence electrons. The van der Waals surface area contributed by atoms with Crippen molar-refractivity contribution in [2.24, 2.45) is 0 Å². The van der Waals surface area contributed by atoms with Gasteiger partial charge in [-0.15, -0.1) is 5.10 Å². The Morgan fingerprint density at radius 2 is 1.82 bits per heavy atom. The summed E-state index contributed by atoms with van der Waals surface area (Å²) in [5.74, 6) is -2.06. The fraction of sp³-hybridized carbons (Fsp3) is 0.450. The number of imide groups is 1. The van der Waals surface area contributed by atoms with Gasteiger partial charge in [-0.1, -0.05) is 18.1 Å². The summed E-state index contributed by atoms with van der Waals surface area (Å²) in [6.07, 6.45) is -1.97. The first-order valence-corrected chi connectivity index (χ1v) is 10.3. The van der Waals surface area contributed by atoms with E-state index >= 15 is 0 Å². The van der Waals surface area contributed by atoms with Gasteiger partial charge in [-0.25, -0.2) is 13.9 Å². The average molecular weight is 468 g/mol. The maximum absolute atomic E-state index is 13.6. The summed E-state index contributed by atoms with van der Waals surface area (Å²) in [5.41, 5.74) is -3.30. The predicted octanol–water partition coefficient (Wildman–Crippen LogP) is 2.41. The molecule has 1 aromatic carbocycles. The Morgan fingerprint density at radius 1 is 1.15 bits per heavy atom. The number of nitrogens with zero attached hydrogens (tertiary/aromatic N) is 4. The Labute approximate surface area is 185 Å². The molecule has 2 N–H and O–H groups in total. The molecule has 4 amide bonds. The van der Waals surface area contributed by atoms with Crippen molar-refractivity contribution >= 4 is 17.8 Å². The molecule has 1 saturated carbocycles. The smallest absolute Gasteiger partial charge is 0.351 e. The van der Waals surface area contributed by atoms with Gasteiger partial charge in [-0.3, -0.25) is 14.5 Å². The van der Waals surface area contributed by atoms with E-state index in [1.807, 2.05) is 0 Å². The number of amides is 4. The number of alkyl halides is 3. The molecule has 1 spiro atoms. The molecule has 2 aromatic rings. The molecule has 1 aliphatic carbocycles. The van der Waals surface area contributed by atoms with E-state index in [2.05, 4.69) is 20.9 Å². The summed E-state index contributed by atoms with van der Waals surface area (Å²) < 4.78 is 54.5. The largest absolute Gasteiger partial charge is 0.435 e. The monoisotopic (exact) mass is 468 g/mol. The molecule has 2 fully saturated rings. The van der Waals surface area contributed by atoms with Crippen LogP contribution in [0.3, 0.4) is 0 Å². The van der Waals surface area contributed by atoms with E-state index in [0.717, 1.165) is 42.0 Å². The number of carbonyl (C=O) groups is 3. The van der Waals surface area contributed by atoms with Crippen LogP contribution in [0.15, 0.2) is 24.3 Å². The van der Waals surface area contributed by atoms with Gasteiger partial charge in [-0.2, -0.15) is 13.2 Å². The van der Waals surface area contributed by atoms with Crippen LogP contribution in [-0.4, -0.2) is 56.4 Å². The number of rotatable bonds is 6. The van der Waals surface area contributed by atoms with Gasteiger partial charge < -0.3 is 10.6 Å². The zero-order valence-corrected chi connectivity index (χ0v) is 17.3. The lowest BCUT2D eigenvalue weighted by Crippen LogP contribution is -2.44. The second-order valence-electron chi connectivity index (χ2n) is 7.96. The minimum Gasteiger partial charge on any atom is -0.351 e. The normalized spacial score (nSPS) is 17.6. The van der Waals surface area contributed by atoms with E-state index in [9.17, 15) is 31.9 Å². The van der Waals surface area contributed by atoms with Gasteiger partial charge in [0.1, 0.15) is 11.4 Å². The van der Waals surface area contributed by atoms with E-state index in [1.54, 1.807) is 0 Å². The van der Waals surface area contributed by atoms with Crippen molar-refractivity contribution in [3.05, 3.63) is 41.5 Å². The molecule has 0 radical (unpaired) electrons. The fourth-order valence-electron chi connectivity index (χ4n) is 4.17. The van der Waals surface area contributed by atoms with Crippen LogP contribution in [0.1, 0.15) is 48.3 Å². The Kier molecular flexibility index (Phi) is 5.80. The van der Waals surface area contributed by atoms with E-state index in [-0.39, 0.29) is 31.1 Å². The van der Waals surface area contributed by atoms with Crippen molar-refractivity contribution in [1.29, 1.82) is 0 Å². The van der Waals surface area contributed by atoms with Gasteiger partial charge in [0.05, 0.1) is 5.69 Å². The van der Waals surface area contributed by atoms with Crippen LogP contribution in [0.2, 0.25) is 0 Å². The fourth-order valence-corrected chi connectivity index (χ4v) is 4.17. The number of benzene rings is 1. The predicted molar refractivity (Wildman–Crippen MR) is 105 cm³/mol. The first-order valence-electron chi connectivity index (χ1n) is 10.3. The number of halogens is 4. The Balaban J connectivity index is 1.40. The van der Waals surface area contributed by atoms with Crippen molar-refractivity contribution in [1.82, 2.24) is 30.5 Å². The summed E-state index contributed by atoms with van der Waals surface area (Å²) in [7, 11) is 0. The quantitative estimate of drug-likeness (QED) is 0.385. The number of nitrogens with one attached hydrogen (secondary N) is 2. The molecule has 13 heteroatoms. The number of carbonyl (C=O) groups excluding carboxylic acids is 3. The molecule has 33 heavy (non-hydrogen) atoms. The Morgan fingerprint density at radius 3 is 2.45 bits per heavy atom. The number of hydrogen-bond acceptors (Lipinski definition) is 5. The molecule has 2 heterocycles. The van der Waals surface area contributed by atoms with E-state index in [1.165, 1.54) is 0 Å². The van der Waals surface area contributed by atoms with Gasteiger partial charge in [0, 0.05) is 13.1 Å². The third-order valence-corrected chi connectivity index (χ3v) is 5.77. The molecule has 4 rings (SSSR count). The molecule has 9 nitrogen and oxygen atoms in total. The minimum absolute atomic E-state index is 0.0150. The topological polar surface area (TPSA) is 109 Å². The van der Waals surface area contributed by atoms with Crippen LogP contribution >= 0.6 is 0 Å². The first-order chi connectivity index (χ1) is 15.6. The second-order valence-corrected chi connectivity index (χ2v) is 7.96. The zero-order valence-electron chi connectivity index (χ0n) is 17.3. The lowest BCUT2D eigenvalue weighted by Gasteiger charge is -2.20. The average Bonchev–Trinajstić information content (AvgIpc) is 3.46. The van der Waals surface area contributed by atoms with E-state index < -0.39 is 40.9 Å². The molecule has 1 aromatic heterocycles. The molecular weight excluding hydrogens is 448 g/mol. The van der Waals surface area contributed by atoms with Gasteiger partial charge >= 0.3 is 12.2 Å². The van der Waals surface area contributed by atoms with E-state index in [0.29, 0.717) is 17.5 Å². The molecule has 0 bridgehead atoms. The number of urea groups is 1. The van der Waals surface area contributed by atoms with Gasteiger partial charge in [0.25, 0.3) is 11.8 Å². The third-order valence-electron chi connectivity index (χ3n) is 5.77. The molecule has 2 aliphatic rings. The number of hydrogen-bond donors (Lipinski definition) is 2. The van der Waals surface area contributed by atoms with Crippen LogP contribution in [0, 0.1) is 5.82 Å². The summed E-state index contributed by atoms with van der Waals surface area (Å²) in [6, 6.07) is 3.58. The summed E-state index contributed by atoms with van der Waals surface area (Å²) >= 11 is 0. The number of aromatic nitrogens is 3. The highest BCUT2D eigenvalue weighted by Crippen LogP contribution is 2.35. The van der Waals surface area contributed by atoms with Crippen LogP contribution < -0.4 is 10.6 Å². The van der Waals surface area contributed by atoms with Crippen molar-refractivity contribution < 1.29 is 31.9 Å². The maximum Gasteiger partial charge on any atom is 0.435 e. The van der Waals surface area contributed by atoms with Crippen LogP contribution in [0.5, 0.6) is 0 Å². The highest BCUT2D eigenvalue weighted by Gasteiger charge is 2.52. The molecule has 0 unspecified atom stereocenters. The summed E-state index contributed by atoms with van der Waals surface area (Å²) in [5, 5.41) is 11.8. The highest BCUT2D eigenvalue weighted by atomic mass is 19.4. The maximum atomic E-state index is 13.6. The SMILES string of the molecule is O=C(NCCCN1C(=O)NC2(CCCC2)C1=O)c1nnn(-c2ccc(F)cc2)c1C(F)(F)F. The molecular formula is C20H20F4N6O3. The minimum atomic E-state index is -4.96. The van der Waals surface area contributed by atoms with Crippen LogP contribution in [0.4, 0.5) is 22.4 Å². The lowest BCUT2D eigenvalue weighted by molar-refractivity contribution is -0.143. The molecule has 1 aliphatic heterocycles. The highest BCUT2D eigenvalue weighted by molar-refractivity contribution is 6.07. The molecule has 0 atom stereocenters. The summed E-state index contributed by atoms with van der Waals surface area (Å²) in [6.45, 7) is -0.0787. The van der Waals surface area contributed by atoms with Crippen molar-refractivity contribution in [2.45, 2.75) is 43.8 Å². The van der Waals surface area contributed by atoms with Crippen molar-refractivity contribution in [2.75, 3.05) is 13.1 Å². The van der Waals surface area contributed by atoms with Gasteiger partial charge in [0.2, 0.25) is 0 Å². The van der Waals surface area contributed by atoms with Crippen molar-refractivity contribution in [3.8, 4) is 5.69 Å². The Bertz CT molecular complexity index is 1080. The first kappa shape index (κ1) is 22.7. The zero-order chi connectivity index (χ0) is 23.8. The standard InChI is InChI=1S/C20H20F4N6O3/c21-12-4-6-13(7-5-12)30-15(20(22,23)24)14(27-28-30)16(31)25-10-3-11-29-17(32)19(26-18(29)33)8-1-2-9-19/h4-7H,1-3,8-11H2,(H,25,31)(H,26,33). The van der Waals surface area contributed by atoms with Gasteiger partial charge in [-0.05, 0) is 43.5 Å². The lowest BCUT2D eigenvalue weighted by atomic mass is 9.98. The third kappa shape index (κ3) is 4.26. The Hall–Kier alpha value is -3.51.